The van der Waals surface area contributed by atoms with Gasteiger partial charge in [-0.3, -0.25) is 4.79 Å². The van der Waals surface area contributed by atoms with Crippen molar-refractivity contribution in [3.63, 3.8) is 0 Å². The average Bonchev–Trinajstić information content (AvgIpc) is 2.55. The van der Waals surface area contributed by atoms with E-state index in [2.05, 4.69) is 43.4 Å². The van der Waals surface area contributed by atoms with Crippen molar-refractivity contribution in [1.82, 2.24) is 5.32 Å². The number of thioether (sulfide) groups is 1. The third-order valence-corrected chi connectivity index (χ3v) is 4.89. The maximum atomic E-state index is 12.2. The molecule has 4 heteroatoms. The van der Waals surface area contributed by atoms with Crippen molar-refractivity contribution in [3.05, 3.63) is 64.7 Å². The van der Waals surface area contributed by atoms with E-state index in [1.807, 2.05) is 25.1 Å². The summed E-state index contributed by atoms with van der Waals surface area (Å²) >= 11 is 1.80. The van der Waals surface area contributed by atoms with E-state index < -0.39 is 0 Å². The van der Waals surface area contributed by atoms with Gasteiger partial charge in [0.05, 0.1) is 0 Å². The van der Waals surface area contributed by atoms with Gasteiger partial charge in [0.25, 0.3) is 5.91 Å². The first-order chi connectivity index (χ1) is 11.0. The fourth-order valence-electron chi connectivity index (χ4n) is 2.19. The van der Waals surface area contributed by atoms with Gasteiger partial charge in [-0.25, -0.2) is 0 Å². The fourth-order valence-corrected chi connectivity index (χ4v) is 3.26. The number of nitrogens with two attached hydrogens (primary N) is 1. The van der Waals surface area contributed by atoms with Crippen LogP contribution in [0, 0.1) is 13.8 Å². The lowest BCUT2D eigenvalue weighted by Crippen LogP contribution is -2.37. The molecule has 0 fully saturated rings. The molecule has 1 amide bonds. The number of hydrogen-bond acceptors (Lipinski definition) is 3. The molecule has 0 heterocycles. The van der Waals surface area contributed by atoms with E-state index in [9.17, 15) is 4.79 Å². The van der Waals surface area contributed by atoms with Crippen LogP contribution in [-0.4, -0.2) is 18.5 Å². The molecule has 23 heavy (non-hydrogen) atoms. The summed E-state index contributed by atoms with van der Waals surface area (Å²) in [6.45, 7) is 6.57. The highest BCUT2D eigenvalue weighted by Gasteiger charge is 2.09. The standard InChI is InChI=1S/C19H24N2OS/c1-13-7-8-14(2)18(9-13)23-12-16-5-4-6-17(10-16)19(22)21-15(3)11-20/h4-10,15H,11-12,20H2,1-3H3,(H,21,22)/t15-/m0/s1. The molecular formula is C19H24N2OS. The van der Waals surface area contributed by atoms with Crippen LogP contribution in [0.3, 0.4) is 0 Å². The average molecular weight is 328 g/mol. The van der Waals surface area contributed by atoms with Crippen molar-refractivity contribution in [1.29, 1.82) is 0 Å². The highest BCUT2D eigenvalue weighted by molar-refractivity contribution is 7.98. The van der Waals surface area contributed by atoms with Gasteiger partial charge >= 0.3 is 0 Å². The zero-order valence-corrected chi connectivity index (χ0v) is 14.7. The van der Waals surface area contributed by atoms with Gasteiger partial charge in [0.15, 0.2) is 0 Å². The first kappa shape index (κ1) is 17.6. The molecule has 2 rings (SSSR count). The van der Waals surface area contributed by atoms with Gasteiger partial charge < -0.3 is 11.1 Å². The topological polar surface area (TPSA) is 55.1 Å². The molecule has 0 saturated carbocycles. The molecular weight excluding hydrogens is 304 g/mol. The predicted octanol–water partition coefficient (Wildman–Crippen LogP) is 3.67. The molecule has 0 saturated heterocycles. The number of benzene rings is 2. The van der Waals surface area contributed by atoms with Crippen LogP contribution in [0.2, 0.25) is 0 Å². The maximum absolute atomic E-state index is 12.2. The molecule has 0 aliphatic carbocycles. The van der Waals surface area contributed by atoms with Crippen molar-refractivity contribution in [3.8, 4) is 0 Å². The number of hydrogen-bond donors (Lipinski definition) is 2. The molecule has 0 aromatic heterocycles. The van der Waals surface area contributed by atoms with Gasteiger partial charge in [0.1, 0.15) is 0 Å². The van der Waals surface area contributed by atoms with Crippen LogP contribution in [0.1, 0.15) is 34.0 Å². The van der Waals surface area contributed by atoms with Crippen molar-refractivity contribution >= 4 is 17.7 Å². The summed E-state index contributed by atoms with van der Waals surface area (Å²) in [5.74, 6) is 0.777. The van der Waals surface area contributed by atoms with Crippen LogP contribution < -0.4 is 11.1 Å². The molecule has 0 spiro atoms. The number of nitrogens with one attached hydrogen (secondary N) is 1. The van der Waals surface area contributed by atoms with Gasteiger partial charge in [0, 0.05) is 28.8 Å². The Balaban J connectivity index is 2.05. The largest absolute Gasteiger partial charge is 0.348 e. The van der Waals surface area contributed by atoms with E-state index in [-0.39, 0.29) is 11.9 Å². The highest BCUT2D eigenvalue weighted by Crippen LogP contribution is 2.27. The summed E-state index contributed by atoms with van der Waals surface area (Å²) in [7, 11) is 0. The molecule has 122 valence electrons. The van der Waals surface area contributed by atoms with E-state index in [0.29, 0.717) is 12.1 Å². The number of carbonyl (C=O) groups excluding carboxylic acids is 1. The van der Waals surface area contributed by atoms with Crippen LogP contribution in [0.25, 0.3) is 0 Å². The normalized spacial score (nSPS) is 12.0. The third kappa shape index (κ3) is 5.12. The van der Waals surface area contributed by atoms with Gasteiger partial charge in [-0.05, 0) is 50.1 Å². The van der Waals surface area contributed by atoms with Crippen LogP contribution in [0.15, 0.2) is 47.4 Å². The number of carbonyl (C=O) groups is 1. The molecule has 3 N–H and O–H groups in total. The van der Waals surface area contributed by atoms with Gasteiger partial charge in [-0.1, -0.05) is 29.8 Å². The monoisotopic (exact) mass is 328 g/mol. The smallest absolute Gasteiger partial charge is 0.251 e. The van der Waals surface area contributed by atoms with Crippen molar-refractivity contribution in [2.45, 2.75) is 37.5 Å². The Morgan fingerprint density at radius 2 is 2.00 bits per heavy atom. The third-order valence-electron chi connectivity index (χ3n) is 3.66. The van der Waals surface area contributed by atoms with Crippen molar-refractivity contribution in [2.75, 3.05) is 6.54 Å². The van der Waals surface area contributed by atoms with E-state index >= 15 is 0 Å². The molecule has 0 unspecified atom stereocenters. The summed E-state index contributed by atoms with van der Waals surface area (Å²) in [6.07, 6.45) is 0. The molecule has 2 aromatic carbocycles. The Morgan fingerprint density at radius 3 is 2.74 bits per heavy atom. The zero-order valence-electron chi connectivity index (χ0n) is 13.9. The van der Waals surface area contributed by atoms with Crippen LogP contribution in [-0.2, 0) is 5.75 Å². The van der Waals surface area contributed by atoms with E-state index in [1.165, 1.54) is 16.0 Å². The second kappa shape index (κ2) is 8.18. The molecule has 0 radical (unpaired) electrons. The Labute approximate surface area is 142 Å². The Kier molecular flexibility index (Phi) is 6.25. The lowest BCUT2D eigenvalue weighted by molar-refractivity contribution is 0.0941. The van der Waals surface area contributed by atoms with E-state index in [4.69, 9.17) is 5.73 Å². The molecule has 1 atom stereocenters. The molecule has 2 aromatic rings. The van der Waals surface area contributed by atoms with E-state index in [1.54, 1.807) is 11.8 Å². The second-order valence-electron chi connectivity index (χ2n) is 5.87. The second-order valence-corrected chi connectivity index (χ2v) is 6.89. The summed E-state index contributed by atoms with van der Waals surface area (Å²) in [6, 6.07) is 14.2. The molecule has 0 aliphatic rings. The van der Waals surface area contributed by atoms with Gasteiger partial charge in [0.2, 0.25) is 0 Å². The van der Waals surface area contributed by atoms with Gasteiger partial charge in [-0.15, -0.1) is 11.8 Å². The van der Waals surface area contributed by atoms with Crippen LogP contribution in [0.4, 0.5) is 0 Å². The minimum atomic E-state index is -0.0680. The van der Waals surface area contributed by atoms with Crippen molar-refractivity contribution in [2.24, 2.45) is 5.73 Å². The maximum Gasteiger partial charge on any atom is 0.251 e. The quantitative estimate of drug-likeness (QED) is 0.796. The minimum absolute atomic E-state index is 0.0181. The molecule has 3 nitrogen and oxygen atoms in total. The first-order valence-corrected chi connectivity index (χ1v) is 8.78. The summed E-state index contributed by atoms with van der Waals surface area (Å²) in [5.41, 5.74) is 9.93. The number of aryl methyl sites for hydroxylation is 2. The Hall–Kier alpha value is -1.78. The molecule has 0 aliphatic heterocycles. The summed E-state index contributed by atoms with van der Waals surface area (Å²) < 4.78 is 0. The van der Waals surface area contributed by atoms with Gasteiger partial charge in [-0.2, -0.15) is 0 Å². The zero-order chi connectivity index (χ0) is 16.8. The highest BCUT2D eigenvalue weighted by atomic mass is 32.2. The lowest BCUT2D eigenvalue weighted by Gasteiger charge is -2.12. The SMILES string of the molecule is Cc1ccc(C)c(SCc2cccc(C(=O)N[C@@H](C)CN)c2)c1. The summed E-state index contributed by atoms with van der Waals surface area (Å²) in [4.78, 5) is 13.5. The Morgan fingerprint density at radius 1 is 1.22 bits per heavy atom. The summed E-state index contributed by atoms with van der Waals surface area (Å²) in [5, 5.41) is 2.89. The fraction of sp³-hybridized carbons (Fsp3) is 0.316. The number of rotatable bonds is 6. The van der Waals surface area contributed by atoms with Crippen molar-refractivity contribution < 1.29 is 4.79 Å². The lowest BCUT2D eigenvalue weighted by atomic mass is 10.1. The predicted molar refractivity (Wildman–Crippen MR) is 97.9 cm³/mol. The Bertz CT molecular complexity index is 685. The molecule has 0 bridgehead atoms. The van der Waals surface area contributed by atoms with Crippen LogP contribution >= 0.6 is 11.8 Å². The number of amides is 1. The first-order valence-electron chi connectivity index (χ1n) is 7.79. The van der Waals surface area contributed by atoms with E-state index in [0.717, 1.165) is 11.3 Å². The minimum Gasteiger partial charge on any atom is -0.348 e. The van der Waals surface area contributed by atoms with Crippen LogP contribution in [0.5, 0.6) is 0 Å².